The van der Waals surface area contributed by atoms with Crippen molar-refractivity contribution >= 4 is 0 Å². The van der Waals surface area contributed by atoms with Gasteiger partial charge < -0.3 is 19.3 Å². The summed E-state index contributed by atoms with van der Waals surface area (Å²) in [6, 6.07) is 19.9. The van der Waals surface area contributed by atoms with Crippen molar-refractivity contribution in [3.05, 3.63) is 84.4 Å². The number of aliphatic hydroxyl groups is 1. The van der Waals surface area contributed by atoms with Crippen molar-refractivity contribution in [2.45, 2.75) is 50.5 Å². The zero-order chi connectivity index (χ0) is 19.1. The molecule has 0 spiro atoms. The van der Waals surface area contributed by atoms with Gasteiger partial charge in [-0.1, -0.05) is 66.7 Å². The van der Waals surface area contributed by atoms with Crippen LogP contribution in [0.2, 0.25) is 0 Å². The molecule has 0 aromatic heterocycles. The quantitative estimate of drug-likeness (QED) is 0.719. The van der Waals surface area contributed by atoms with E-state index in [2.05, 4.69) is 6.58 Å². The molecule has 0 radical (unpaired) electrons. The van der Waals surface area contributed by atoms with E-state index >= 15 is 0 Å². The van der Waals surface area contributed by atoms with Gasteiger partial charge in [-0.05, 0) is 24.5 Å². The lowest BCUT2D eigenvalue weighted by Gasteiger charge is -2.47. The van der Waals surface area contributed by atoms with Gasteiger partial charge in [0.1, 0.15) is 17.8 Å². The van der Waals surface area contributed by atoms with Crippen molar-refractivity contribution in [3.63, 3.8) is 0 Å². The van der Waals surface area contributed by atoms with E-state index in [1.165, 1.54) is 0 Å². The molecule has 3 rings (SSSR count). The summed E-state index contributed by atoms with van der Waals surface area (Å²) in [7, 11) is 0. The molecule has 4 atom stereocenters. The van der Waals surface area contributed by atoms with E-state index < -0.39 is 11.7 Å². The van der Waals surface area contributed by atoms with Crippen LogP contribution >= 0.6 is 0 Å². The maximum Gasteiger partial charge on any atom is 0.123 e. The van der Waals surface area contributed by atoms with Crippen molar-refractivity contribution in [2.24, 2.45) is 0 Å². The largest absolute Gasteiger partial charge is 0.384 e. The highest BCUT2D eigenvalue weighted by molar-refractivity contribution is 5.15. The highest BCUT2D eigenvalue weighted by Crippen LogP contribution is 2.34. The first-order valence-corrected chi connectivity index (χ1v) is 9.39. The van der Waals surface area contributed by atoms with E-state index in [1.54, 1.807) is 6.08 Å². The highest BCUT2D eigenvalue weighted by atomic mass is 16.6. The molecule has 1 aliphatic rings. The third-order valence-corrected chi connectivity index (χ3v) is 5.10. The lowest BCUT2D eigenvalue weighted by molar-refractivity contribution is -0.264. The van der Waals surface area contributed by atoms with E-state index in [0.717, 1.165) is 11.1 Å². The fourth-order valence-electron chi connectivity index (χ4n) is 3.46. The summed E-state index contributed by atoms with van der Waals surface area (Å²) in [4.78, 5) is 0. The molecule has 4 heteroatoms. The molecule has 4 nitrogen and oxygen atoms in total. The standard InChI is InChI=1S/C23H28O4/c1-3-14-23(24)18(2)25-17-21(26-15-19-10-6-4-7-11-19)22(23)27-16-20-12-8-5-9-13-20/h3-13,18,21-22,24H,1,14-17H2,2H3/t18?,21?,22?,23-/m0/s1. The minimum atomic E-state index is -1.18. The minimum absolute atomic E-state index is 0.366. The summed E-state index contributed by atoms with van der Waals surface area (Å²) in [5, 5.41) is 11.3. The van der Waals surface area contributed by atoms with E-state index in [-0.39, 0.29) is 12.2 Å². The average molecular weight is 368 g/mol. The van der Waals surface area contributed by atoms with Crippen LogP contribution in [0, 0.1) is 0 Å². The van der Waals surface area contributed by atoms with Crippen molar-refractivity contribution in [1.82, 2.24) is 0 Å². The fraction of sp³-hybridized carbons (Fsp3) is 0.391. The summed E-state index contributed by atoms with van der Waals surface area (Å²) in [5.41, 5.74) is 0.945. The number of ether oxygens (including phenoxy) is 3. The Morgan fingerprint density at radius 2 is 1.59 bits per heavy atom. The molecular formula is C23H28O4. The molecule has 3 unspecified atom stereocenters. The second kappa shape index (κ2) is 9.29. The smallest absolute Gasteiger partial charge is 0.123 e. The van der Waals surface area contributed by atoms with Gasteiger partial charge in [-0.2, -0.15) is 0 Å². The Kier molecular flexibility index (Phi) is 6.80. The highest BCUT2D eigenvalue weighted by Gasteiger charge is 2.50. The first-order valence-electron chi connectivity index (χ1n) is 9.39. The number of hydrogen-bond acceptors (Lipinski definition) is 4. The summed E-state index contributed by atoms with van der Waals surface area (Å²) in [6.07, 6.45) is 0.836. The molecule has 2 aromatic rings. The summed E-state index contributed by atoms with van der Waals surface area (Å²) in [6.45, 7) is 6.90. The van der Waals surface area contributed by atoms with Crippen LogP contribution in [0.5, 0.6) is 0 Å². The molecule has 0 aliphatic carbocycles. The average Bonchev–Trinajstić information content (AvgIpc) is 2.70. The van der Waals surface area contributed by atoms with Crippen LogP contribution in [-0.2, 0) is 27.4 Å². The van der Waals surface area contributed by atoms with Gasteiger partial charge in [0.05, 0.1) is 25.9 Å². The Labute approximate surface area is 161 Å². The maximum atomic E-state index is 11.3. The van der Waals surface area contributed by atoms with E-state index in [0.29, 0.717) is 26.2 Å². The van der Waals surface area contributed by atoms with Crippen LogP contribution in [0.1, 0.15) is 24.5 Å². The molecule has 2 aromatic carbocycles. The van der Waals surface area contributed by atoms with Gasteiger partial charge in [0.2, 0.25) is 0 Å². The van der Waals surface area contributed by atoms with Crippen LogP contribution in [0.25, 0.3) is 0 Å². The lowest BCUT2D eigenvalue weighted by Crippen LogP contribution is -2.63. The molecule has 27 heavy (non-hydrogen) atoms. The minimum Gasteiger partial charge on any atom is -0.384 e. The molecular weight excluding hydrogens is 340 g/mol. The first kappa shape index (κ1) is 19.8. The van der Waals surface area contributed by atoms with Crippen LogP contribution in [-0.4, -0.2) is 35.6 Å². The topological polar surface area (TPSA) is 47.9 Å². The predicted octanol–water partition coefficient (Wildman–Crippen LogP) is 3.88. The number of hydrogen-bond donors (Lipinski definition) is 1. The predicted molar refractivity (Wildman–Crippen MR) is 105 cm³/mol. The Bertz CT molecular complexity index is 703. The molecule has 1 saturated heterocycles. The zero-order valence-corrected chi connectivity index (χ0v) is 15.8. The molecule has 1 fully saturated rings. The molecule has 1 heterocycles. The van der Waals surface area contributed by atoms with E-state index in [4.69, 9.17) is 14.2 Å². The van der Waals surface area contributed by atoms with E-state index in [9.17, 15) is 5.11 Å². The Balaban J connectivity index is 1.75. The lowest BCUT2D eigenvalue weighted by atomic mass is 9.82. The second-order valence-electron chi connectivity index (χ2n) is 7.01. The van der Waals surface area contributed by atoms with Gasteiger partial charge in [-0.25, -0.2) is 0 Å². The van der Waals surface area contributed by atoms with Crippen molar-refractivity contribution < 1.29 is 19.3 Å². The number of rotatable bonds is 8. The van der Waals surface area contributed by atoms with Crippen LogP contribution < -0.4 is 0 Å². The fourth-order valence-corrected chi connectivity index (χ4v) is 3.46. The molecule has 0 saturated carbocycles. The monoisotopic (exact) mass is 368 g/mol. The Morgan fingerprint density at radius 3 is 2.15 bits per heavy atom. The molecule has 1 N–H and O–H groups in total. The van der Waals surface area contributed by atoms with E-state index in [1.807, 2.05) is 67.6 Å². The normalized spacial score (nSPS) is 28.0. The molecule has 1 aliphatic heterocycles. The molecule has 144 valence electrons. The van der Waals surface area contributed by atoms with Gasteiger partial charge in [0, 0.05) is 0 Å². The number of benzene rings is 2. The summed E-state index contributed by atoms with van der Waals surface area (Å²) >= 11 is 0. The van der Waals surface area contributed by atoms with Crippen molar-refractivity contribution in [2.75, 3.05) is 6.61 Å². The van der Waals surface area contributed by atoms with Crippen LogP contribution in [0.4, 0.5) is 0 Å². The van der Waals surface area contributed by atoms with Gasteiger partial charge in [-0.15, -0.1) is 6.58 Å². The molecule has 0 amide bonds. The Hall–Kier alpha value is -1.98. The maximum absolute atomic E-state index is 11.3. The van der Waals surface area contributed by atoms with Gasteiger partial charge >= 0.3 is 0 Å². The zero-order valence-electron chi connectivity index (χ0n) is 15.8. The molecule has 0 bridgehead atoms. The van der Waals surface area contributed by atoms with Crippen LogP contribution in [0.3, 0.4) is 0 Å². The summed E-state index contributed by atoms with van der Waals surface area (Å²) < 4.78 is 18.1. The first-order chi connectivity index (χ1) is 13.1. The second-order valence-corrected chi connectivity index (χ2v) is 7.01. The third-order valence-electron chi connectivity index (χ3n) is 5.10. The van der Waals surface area contributed by atoms with Gasteiger partial charge in [-0.3, -0.25) is 0 Å². The third kappa shape index (κ3) is 4.85. The summed E-state index contributed by atoms with van der Waals surface area (Å²) in [5.74, 6) is 0. The SMILES string of the molecule is C=CC[C@]1(O)C(C)OCC(OCc2ccccc2)C1OCc1ccccc1. The van der Waals surface area contributed by atoms with Crippen LogP contribution in [0.15, 0.2) is 73.3 Å². The van der Waals surface area contributed by atoms with Crippen molar-refractivity contribution in [3.8, 4) is 0 Å². The Morgan fingerprint density at radius 1 is 1.04 bits per heavy atom. The van der Waals surface area contributed by atoms with Gasteiger partial charge in [0.15, 0.2) is 0 Å². The van der Waals surface area contributed by atoms with Crippen molar-refractivity contribution in [1.29, 1.82) is 0 Å². The van der Waals surface area contributed by atoms with Gasteiger partial charge in [0.25, 0.3) is 0 Å².